The molecule has 1 fully saturated rings. The lowest BCUT2D eigenvalue weighted by molar-refractivity contribution is 0.295. The predicted octanol–water partition coefficient (Wildman–Crippen LogP) is 3.22. The lowest BCUT2D eigenvalue weighted by Crippen LogP contribution is -2.32. The van der Waals surface area contributed by atoms with E-state index in [-0.39, 0.29) is 11.0 Å². The molecule has 0 bridgehead atoms. The second-order valence-corrected chi connectivity index (χ2v) is 7.39. The van der Waals surface area contributed by atoms with Crippen LogP contribution in [0.15, 0.2) is 21.6 Å². The third kappa shape index (κ3) is 3.52. The Kier molecular flexibility index (Phi) is 4.92. The number of furan rings is 1. The maximum Gasteiger partial charge on any atom is 0.276 e. The standard InChI is InChI=1S/C13H20ClNO3S/c1-15(10-11-5-3-2-4-6-11)19(16,17)13-8-7-12(9-14)18-13/h7-8,11H,2-6,9-10H2,1H3. The summed E-state index contributed by atoms with van der Waals surface area (Å²) in [5, 5.41) is -0.0125. The predicted molar refractivity (Wildman–Crippen MR) is 74.7 cm³/mol. The van der Waals surface area contributed by atoms with Crippen molar-refractivity contribution in [1.82, 2.24) is 4.31 Å². The Labute approximate surface area is 119 Å². The van der Waals surface area contributed by atoms with Crippen LogP contribution >= 0.6 is 11.6 Å². The Balaban J connectivity index is 2.05. The minimum atomic E-state index is -3.52. The van der Waals surface area contributed by atoms with Crippen LogP contribution in [-0.2, 0) is 15.9 Å². The zero-order valence-electron chi connectivity index (χ0n) is 11.1. The van der Waals surface area contributed by atoms with Crippen molar-refractivity contribution in [2.75, 3.05) is 13.6 Å². The topological polar surface area (TPSA) is 50.5 Å². The summed E-state index contributed by atoms with van der Waals surface area (Å²) >= 11 is 5.62. The van der Waals surface area contributed by atoms with E-state index in [0.717, 1.165) is 12.8 Å². The molecule has 108 valence electrons. The van der Waals surface area contributed by atoms with E-state index in [1.807, 2.05) is 0 Å². The van der Waals surface area contributed by atoms with Crippen molar-refractivity contribution in [1.29, 1.82) is 0 Å². The van der Waals surface area contributed by atoms with Gasteiger partial charge in [-0.15, -0.1) is 11.6 Å². The molecule has 19 heavy (non-hydrogen) atoms. The Hall–Kier alpha value is -0.520. The summed E-state index contributed by atoms with van der Waals surface area (Å²) in [4.78, 5) is 0. The van der Waals surface area contributed by atoms with Crippen molar-refractivity contribution in [2.24, 2.45) is 5.92 Å². The molecule has 1 saturated carbocycles. The van der Waals surface area contributed by atoms with E-state index in [0.29, 0.717) is 18.2 Å². The average Bonchev–Trinajstić information content (AvgIpc) is 2.89. The van der Waals surface area contributed by atoms with Gasteiger partial charge < -0.3 is 4.42 Å². The highest BCUT2D eigenvalue weighted by molar-refractivity contribution is 7.89. The largest absolute Gasteiger partial charge is 0.447 e. The van der Waals surface area contributed by atoms with Gasteiger partial charge >= 0.3 is 0 Å². The molecular formula is C13H20ClNO3S. The summed E-state index contributed by atoms with van der Waals surface area (Å²) in [7, 11) is -1.90. The maximum absolute atomic E-state index is 12.3. The first-order chi connectivity index (χ1) is 9.04. The van der Waals surface area contributed by atoms with Crippen molar-refractivity contribution >= 4 is 21.6 Å². The van der Waals surface area contributed by atoms with E-state index in [9.17, 15) is 8.42 Å². The zero-order chi connectivity index (χ0) is 13.9. The molecule has 0 radical (unpaired) electrons. The molecule has 1 aliphatic carbocycles. The Morgan fingerprint density at radius 2 is 2.00 bits per heavy atom. The SMILES string of the molecule is CN(CC1CCCCC1)S(=O)(=O)c1ccc(CCl)o1. The van der Waals surface area contributed by atoms with Gasteiger partial charge in [-0.05, 0) is 30.9 Å². The fraction of sp³-hybridized carbons (Fsp3) is 0.692. The second kappa shape index (κ2) is 6.29. The van der Waals surface area contributed by atoms with Gasteiger partial charge in [0.25, 0.3) is 10.0 Å². The summed E-state index contributed by atoms with van der Waals surface area (Å²) in [6, 6.07) is 3.08. The fourth-order valence-corrected chi connectivity index (χ4v) is 3.86. The quantitative estimate of drug-likeness (QED) is 0.785. The van der Waals surface area contributed by atoms with Crippen molar-refractivity contribution in [2.45, 2.75) is 43.1 Å². The van der Waals surface area contributed by atoms with Crippen LogP contribution in [0, 0.1) is 5.92 Å². The van der Waals surface area contributed by atoms with Crippen LogP contribution < -0.4 is 0 Å². The van der Waals surface area contributed by atoms with Gasteiger partial charge in [0.05, 0.1) is 5.88 Å². The first-order valence-corrected chi connectivity index (χ1v) is 8.62. The smallest absolute Gasteiger partial charge is 0.276 e. The Morgan fingerprint density at radius 1 is 1.32 bits per heavy atom. The summed E-state index contributed by atoms with van der Waals surface area (Å²) < 4.78 is 31.3. The molecule has 4 nitrogen and oxygen atoms in total. The number of hydrogen-bond donors (Lipinski definition) is 0. The van der Waals surface area contributed by atoms with E-state index < -0.39 is 10.0 Å². The molecule has 0 aromatic carbocycles. The lowest BCUT2D eigenvalue weighted by Gasteiger charge is -2.25. The van der Waals surface area contributed by atoms with Crippen LogP contribution in [0.25, 0.3) is 0 Å². The van der Waals surface area contributed by atoms with Crippen LogP contribution in [0.2, 0.25) is 0 Å². The molecule has 6 heteroatoms. The molecule has 0 unspecified atom stereocenters. The highest BCUT2D eigenvalue weighted by atomic mass is 35.5. The minimum absolute atomic E-state index is 0.0125. The Bertz CT molecular complexity index is 506. The number of alkyl halides is 1. The number of rotatable bonds is 5. The van der Waals surface area contributed by atoms with Crippen molar-refractivity contribution in [3.05, 3.63) is 17.9 Å². The molecule has 2 rings (SSSR count). The van der Waals surface area contributed by atoms with E-state index in [1.165, 1.54) is 29.6 Å². The van der Waals surface area contributed by atoms with Crippen LogP contribution in [-0.4, -0.2) is 26.3 Å². The van der Waals surface area contributed by atoms with Gasteiger partial charge in [0.2, 0.25) is 5.09 Å². The summed E-state index contributed by atoms with van der Waals surface area (Å²) in [6.07, 6.45) is 5.91. The third-order valence-electron chi connectivity index (χ3n) is 3.67. The van der Waals surface area contributed by atoms with Gasteiger partial charge in [0.1, 0.15) is 5.76 Å². The summed E-state index contributed by atoms with van der Waals surface area (Å²) in [5.74, 6) is 1.13. The molecule has 0 aliphatic heterocycles. The summed E-state index contributed by atoms with van der Waals surface area (Å²) in [6.45, 7) is 0.569. The molecule has 1 aromatic rings. The third-order valence-corrected chi connectivity index (χ3v) is 5.63. The molecule has 1 aromatic heterocycles. The van der Waals surface area contributed by atoms with Gasteiger partial charge in [-0.3, -0.25) is 0 Å². The average molecular weight is 306 g/mol. The van der Waals surface area contributed by atoms with E-state index in [1.54, 1.807) is 13.1 Å². The molecular weight excluding hydrogens is 286 g/mol. The molecule has 0 spiro atoms. The first-order valence-electron chi connectivity index (χ1n) is 6.65. The van der Waals surface area contributed by atoms with Gasteiger partial charge in [-0.25, -0.2) is 8.42 Å². The van der Waals surface area contributed by atoms with E-state index in [4.69, 9.17) is 16.0 Å². The van der Waals surface area contributed by atoms with Crippen LogP contribution in [0.1, 0.15) is 37.9 Å². The maximum atomic E-state index is 12.3. The van der Waals surface area contributed by atoms with Gasteiger partial charge in [0, 0.05) is 13.6 Å². The lowest BCUT2D eigenvalue weighted by atomic mass is 9.89. The first kappa shape index (κ1) is 14.9. The molecule has 0 saturated heterocycles. The van der Waals surface area contributed by atoms with Crippen molar-refractivity contribution < 1.29 is 12.8 Å². The second-order valence-electron chi connectivity index (χ2n) is 5.14. The van der Waals surface area contributed by atoms with E-state index in [2.05, 4.69) is 0 Å². The monoisotopic (exact) mass is 305 g/mol. The molecule has 0 amide bonds. The molecule has 1 heterocycles. The molecule has 1 aliphatic rings. The van der Waals surface area contributed by atoms with Gasteiger partial charge in [-0.2, -0.15) is 4.31 Å². The number of nitrogens with zero attached hydrogens (tertiary/aromatic N) is 1. The highest BCUT2D eigenvalue weighted by Gasteiger charge is 2.27. The molecule has 0 atom stereocenters. The normalized spacial score (nSPS) is 18.1. The van der Waals surface area contributed by atoms with Crippen LogP contribution in [0.3, 0.4) is 0 Å². The van der Waals surface area contributed by atoms with Crippen LogP contribution in [0.4, 0.5) is 0 Å². The van der Waals surface area contributed by atoms with Crippen molar-refractivity contribution in [3.8, 4) is 0 Å². The number of halogens is 1. The minimum Gasteiger partial charge on any atom is -0.447 e. The van der Waals surface area contributed by atoms with E-state index >= 15 is 0 Å². The molecule has 0 N–H and O–H groups in total. The highest BCUT2D eigenvalue weighted by Crippen LogP contribution is 2.26. The van der Waals surface area contributed by atoms with Gasteiger partial charge in [-0.1, -0.05) is 19.3 Å². The Morgan fingerprint density at radius 3 is 2.58 bits per heavy atom. The van der Waals surface area contributed by atoms with Gasteiger partial charge in [0.15, 0.2) is 0 Å². The number of sulfonamides is 1. The fourth-order valence-electron chi connectivity index (χ4n) is 2.55. The van der Waals surface area contributed by atoms with Crippen molar-refractivity contribution in [3.63, 3.8) is 0 Å². The summed E-state index contributed by atoms with van der Waals surface area (Å²) in [5.41, 5.74) is 0. The van der Waals surface area contributed by atoms with Crippen LogP contribution in [0.5, 0.6) is 0 Å². The zero-order valence-corrected chi connectivity index (χ0v) is 12.7. The number of hydrogen-bond acceptors (Lipinski definition) is 3.